The van der Waals surface area contributed by atoms with Crippen molar-refractivity contribution >= 4 is 18.4 Å². The van der Waals surface area contributed by atoms with E-state index in [1.54, 1.807) is 0 Å². The molecule has 0 radical (unpaired) electrons. The summed E-state index contributed by atoms with van der Waals surface area (Å²) in [5.74, 6) is -1.45. The molecule has 0 saturated heterocycles. The molecule has 0 aliphatic heterocycles. The molecule has 0 aromatic rings. The molecule has 0 bridgehead atoms. The van der Waals surface area contributed by atoms with Gasteiger partial charge >= 0.3 is 5.97 Å². The molecular formula is C7H14ClNO3. The molecule has 0 heterocycles. The molecule has 4 nitrogen and oxygen atoms in total. The first kappa shape index (κ1) is 11.7. The fourth-order valence-corrected chi connectivity index (χ4v) is 1.49. The third kappa shape index (κ3) is 2.33. The zero-order valence-corrected chi connectivity index (χ0v) is 7.46. The minimum atomic E-state index is -0.892. The van der Waals surface area contributed by atoms with E-state index in [9.17, 15) is 9.90 Å². The smallest absolute Gasteiger partial charge is 0.308 e. The highest BCUT2D eigenvalue weighted by molar-refractivity contribution is 5.85. The van der Waals surface area contributed by atoms with E-state index in [-0.39, 0.29) is 12.4 Å². The Morgan fingerprint density at radius 3 is 2.42 bits per heavy atom. The van der Waals surface area contributed by atoms with Crippen LogP contribution in [0.15, 0.2) is 0 Å². The van der Waals surface area contributed by atoms with E-state index in [4.69, 9.17) is 10.8 Å². The zero-order chi connectivity index (χ0) is 8.43. The van der Waals surface area contributed by atoms with E-state index in [1.807, 2.05) is 0 Å². The summed E-state index contributed by atoms with van der Waals surface area (Å²) in [6.07, 6.45) is 1.34. The standard InChI is InChI=1S/C7H13NO3.ClH/c8-6-4(7(10)11)2-1-3-5(6)9;/h4-6,9H,1-3,8H2,(H,10,11);1H/t4-,5+,6-;/m1./s1. The van der Waals surface area contributed by atoms with Gasteiger partial charge in [0.2, 0.25) is 0 Å². The molecule has 1 rings (SSSR count). The van der Waals surface area contributed by atoms with E-state index in [2.05, 4.69) is 0 Å². The first-order chi connectivity index (χ1) is 5.13. The predicted molar refractivity (Wildman–Crippen MR) is 46.2 cm³/mol. The van der Waals surface area contributed by atoms with E-state index < -0.39 is 24.0 Å². The normalized spacial score (nSPS) is 35.3. The largest absolute Gasteiger partial charge is 0.481 e. The SMILES string of the molecule is Cl.N[C@H]1[C@@H](O)CCC[C@H]1C(=O)O. The Morgan fingerprint density at radius 2 is 2.00 bits per heavy atom. The Balaban J connectivity index is 0.00000121. The van der Waals surface area contributed by atoms with Crippen molar-refractivity contribution in [3.8, 4) is 0 Å². The van der Waals surface area contributed by atoms with Crippen LogP contribution in [-0.2, 0) is 4.79 Å². The van der Waals surface area contributed by atoms with Crippen molar-refractivity contribution < 1.29 is 15.0 Å². The number of aliphatic hydroxyl groups excluding tert-OH is 1. The molecule has 0 spiro atoms. The molecule has 3 atom stereocenters. The van der Waals surface area contributed by atoms with Crippen molar-refractivity contribution in [3.63, 3.8) is 0 Å². The van der Waals surface area contributed by atoms with Crippen molar-refractivity contribution in [2.45, 2.75) is 31.4 Å². The van der Waals surface area contributed by atoms with Gasteiger partial charge in [0, 0.05) is 6.04 Å². The highest BCUT2D eigenvalue weighted by Gasteiger charge is 2.33. The van der Waals surface area contributed by atoms with Crippen LogP contribution in [0.5, 0.6) is 0 Å². The topological polar surface area (TPSA) is 83.5 Å². The van der Waals surface area contributed by atoms with Crippen LogP contribution in [-0.4, -0.2) is 28.3 Å². The molecular weight excluding hydrogens is 182 g/mol. The number of aliphatic hydroxyl groups is 1. The van der Waals surface area contributed by atoms with Gasteiger partial charge in [-0.1, -0.05) is 0 Å². The Kier molecular flexibility index (Phi) is 4.52. The molecule has 72 valence electrons. The summed E-state index contributed by atoms with van der Waals surface area (Å²) in [6.45, 7) is 0. The third-order valence-corrected chi connectivity index (χ3v) is 2.24. The van der Waals surface area contributed by atoms with Gasteiger partial charge in [0.1, 0.15) is 0 Å². The molecule has 0 aromatic carbocycles. The Labute approximate surface area is 77.2 Å². The summed E-state index contributed by atoms with van der Waals surface area (Å²) >= 11 is 0. The number of nitrogens with two attached hydrogens (primary N) is 1. The van der Waals surface area contributed by atoms with Gasteiger partial charge in [0.25, 0.3) is 0 Å². The maximum absolute atomic E-state index is 10.5. The van der Waals surface area contributed by atoms with E-state index in [0.717, 1.165) is 6.42 Å². The monoisotopic (exact) mass is 195 g/mol. The summed E-state index contributed by atoms with van der Waals surface area (Å²) < 4.78 is 0. The van der Waals surface area contributed by atoms with Crippen LogP contribution in [0, 0.1) is 5.92 Å². The minimum absolute atomic E-state index is 0. The van der Waals surface area contributed by atoms with E-state index in [1.165, 1.54) is 0 Å². The quantitative estimate of drug-likeness (QED) is 0.549. The van der Waals surface area contributed by atoms with Crippen molar-refractivity contribution in [1.29, 1.82) is 0 Å². The van der Waals surface area contributed by atoms with Gasteiger partial charge in [-0.05, 0) is 19.3 Å². The number of halogens is 1. The van der Waals surface area contributed by atoms with Gasteiger partial charge in [-0.25, -0.2) is 0 Å². The van der Waals surface area contributed by atoms with Crippen LogP contribution >= 0.6 is 12.4 Å². The van der Waals surface area contributed by atoms with Gasteiger partial charge in [-0.2, -0.15) is 0 Å². The lowest BCUT2D eigenvalue weighted by molar-refractivity contribution is -0.145. The molecule has 1 aliphatic carbocycles. The second kappa shape index (κ2) is 4.64. The molecule has 12 heavy (non-hydrogen) atoms. The van der Waals surface area contributed by atoms with Crippen LogP contribution < -0.4 is 5.73 Å². The maximum Gasteiger partial charge on any atom is 0.308 e. The van der Waals surface area contributed by atoms with Gasteiger partial charge < -0.3 is 15.9 Å². The molecule has 0 unspecified atom stereocenters. The summed E-state index contributed by atoms with van der Waals surface area (Å²) in [5.41, 5.74) is 5.49. The molecule has 4 N–H and O–H groups in total. The number of rotatable bonds is 1. The average molecular weight is 196 g/mol. The highest BCUT2D eigenvalue weighted by atomic mass is 35.5. The molecule has 1 aliphatic rings. The number of hydrogen-bond acceptors (Lipinski definition) is 3. The van der Waals surface area contributed by atoms with Gasteiger partial charge in [0.15, 0.2) is 0 Å². The Morgan fingerprint density at radius 1 is 1.42 bits per heavy atom. The van der Waals surface area contributed by atoms with Crippen molar-refractivity contribution in [2.24, 2.45) is 11.7 Å². The molecule has 1 saturated carbocycles. The second-order valence-electron chi connectivity index (χ2n) is 3.02. The van der Waals surface area contributed by atoms with Crippen LogP contribution in [0.2, 0.25) is 0 Å². The highest BCUT2D eigenvalue weighted by Crippen LogP contribution is 2.23. The fourth-order valence-electron chi connectivity index (χ4n) is 1.49. The maximum atomic E-state index is 10.5. The number of carboxylic acids is 1. The predicted octanol–water partition coefficient (Wildman–Crippen LogP) is -0.0189. The lowest BCUT2D eigenvalue weighted by Crippen LogP contribution is -2.47. The van der Waals surface area contributed by atoms with Crippen molar-refractivity contribution in [3.05, 3.63) is 0 Å². The Bertz CT molecular complexity index is 165. The summed E-state index contributed by atoms with van der Waals surface area (Å²) in [7, 11) is 0. The van der Waals surface area contributed by atoms with Gasteiger partial charge in [-0.3, -0.25) is 4.79 Å². The van der Waals surface area contributed by atoms with E-state index in [0.29, 0.717) is 12.8 Å². The average Bonchev–Trinajstić information content (AvgIpc) is 1.94. The first-order valence-electron chi connectivity index (χ1n) is 3.79. The molecule has 0 aromatic heterocycles. The zero-order valence-electron chi connectivity index (χ0n) is 6.64. The number of hydrogen-bond donors (Lipinski definition) is 3. The van der Waals surface area contributed by atoms with E-state index >= 15 is 0 Å². The fraction of sp³-hybridized carbons (Fsp3) is 0.857. The van der Waals surface area contributed by atoms with Crippen molar-refractivity contribution in [2.75, 3.05) is 0 Å². The lowest BCUT2D eigenvalue weighted by atomic mass is 9.83. The number of aliphatic carboxylic acids is 1. The number of carboxylic acid groups (broad SMARTS) is 1. The van der Waals surface area contributed by atoms with Crippen molar-refractivity contribution in [1.82, 2.24) is 0 Å². The molecule has 0 amide bonds. The lowest BCUT2D eigenvalue weighted by Gasteiger charge is -2.29. The van der Waals surface area contributed by atoms with Crippen LogP contribution in [0.1, 0.15) is 19.3 Å². The summed E-state index contributed by atoms with van der Waals surface area (Å²) in [6, 6.07) is -0.582. The van der Waals surface area contributed by atoms with Gasteiger partial charge in [0.05, 0.1) is 12.0 Å². The summed E-state index contributed by atoms with van der Waals surface area (Å²) in [5, 5.41) is 17.8. The number of carbonyl (C=O) groups is 1. The van der Waals surface area contributed by atoms with Crippen LogP contribution in [0.3, 0.4) is 0 Å². The van der Waals surface area contributed by atoms with Crippen LogP contribution in [0.25, 0.3) is 0 Å². The minimum Gasteiger partial charge on any atom is -0.481 e. The molecule has 5 heteroatoms. The summed E-state index contributed by atoms with van der Waals surface area (Å²) in [4.78, 5) is 10.5. The Hall–Kier alpha value is -0.320. The second-order valence-corrected chi connectivity index (χ2v) is 3.02. The first-order valence-corrected chi connectivity index (χ1v) is 3.79. The third-order valence-electron chi connectivity index (χ3n) is 2.24. The van der Waals surface area contributed by atoms with Crippen LogP contribution in [0.4, 0.5) is 0 Å². The molecule has 1 fully saturated rings. The van der Waals surface area contributed by atoms with Gasteiger partial charge in [-0.15, -0.1) is 12.4 Å².